The van der Waals surface area contributed by atoms with Gasteiger partial charge in [-0.1, -0.05) is 5.16 Å². The Hall–Kier alpha value is -3.29. The van der Waals surface area contributed by atoms with Crippen LogP contribution in [0, 0.1) is 0 Å². The predicted molar refractivity (Wildman–Crippen MR) is 104 cm³/mol. The molecule has 3 aromatic rings. The molecular formula is C21H23N3O5. The summed E-state index contributed by atoms with van der Waals surface area (Å²) in [6, 6.07) is 7.48. The van der Waals surface area contributed by atoms with Gasteiger partial charge in [0.15, 0.2) is 17.3 Å². The molecule has 2 aromatic heterocycles. The summed E-state index contributed by atoms with van der Waals surface area (Å²) in [6.45, 7) is 0. The molecule has 0 saturated heterocycles. The minimum Gasteiger partial charge on any atom is -0.493 e. The topological polar surface area (TPSA) is 99.6 Å². The zero-order valence-corrected chi connectivity index (χ0v) is 16.4. The summed E-state index contributed by atoms with van der Waals surface area (Å²) in [5, 5.41) is 7.01. The number of nitrogens with one attached hydrogen (secondary N) is 1. The van der Waals surface area contributed by atoms with Crippen LogP contribution >= 0.6 is 0 Å². The fraction of sp³-hybridized carbons (Fsp3) is 0.381. The van der Waals surface area contributed by atoms with Gasteiger partial charge in [-0.25, -0.2) is 0 Å². The molecule has 1 N–H and O–H groups in total. The van der Waals surface area contributed by atoms with E-state index in [1.807, 2.05) is 12.1 Å². The average molecular weight is 397 g/mol. The number of hydrogen-bond donors (Lipinski definition) is 1. The second-order valence-corrected chi connectivity index (χ2v) is 6.91. The van der Waals surface area contributed by atoms with Crippen LogP contribution in [-0.4, -0.2) is 30.3 Å². The minimum atomic E-state index is -0.00809. The summed E-state index contributed by atoms with van der Waals surface area (Å²) in [7, 11) is 3.24. The first kappa shape index (κ1) is 19.0. The zero-order valence-electron chi connectivity index (χ0n) is 16.4. The Kier molecular flexibility index (Phi) is 5.50. The van der Waals surface area contributed by atoms with Crippen molar-refractivity contribution in [1.29, 1.82) is 0 Å². The molecule has 1 amide bonds. The van der Waals surface area contributed by atoms with Crippen molar-refractivity contribution in [2.24, 2.45) is 0 Å². The number of fused-ring (bicyclic) bond motifs is 1. The van der Waals surface area contributed by atoms with Crippen LogP contribution in [0.5, 0.6) is 11.5 Å². The van der Waals surface area contributed by atoms with Crippen molar-refractivity contribution < 1.29 is 23.2 Å². The summed E-state index contributed by atoms with van der Waals surface area (Å²) < 4.78 is 21.2. The van der Waals surface area contributed by atoms with Gasteiger partial charge >= 0.3 is 0 Å². The number of amides is 1. The lowest BCUT2D eigenvalue weighted by molar-refractivity contribution is -0.121. The van der Waals surface area contributed by atoms with Crippen molar-refractivity contribution in [3.63, 3.8) is 0 Å². The smallest absolute Gasteiger partial charge is 0.238 e. The van der Waals surface area contributed by atoms with Gasteiger partial charge in [-0.3, -0.25) is 4.79 Å². The molecule has 0 spiro atoms. The average Bonchev–Trinajstić information content (AvgIpc) is 3.48. The highest BCUT2D eigenvalue weighted by atomic mass is 16.5. The summed E-state index contributed by atoms with van der Waals surface area (Å²) in [4.78, 5) is 16.7. The Balaban J connectivity index is 1.30. The van der Waals surface area contributed by atoms with Gasteiger partial charge in [0, 0.05) is 12.8 Å². The summed E-state index contributed by atoms with van der Waals surface area (Å²) >= 11 is 0. The first-order valence-corrected chi connectivity index (χ1v) is 9.58. The first-order valence-electron chi connectivity index (χ1n) is 9.58. The molecule has 1 aliphatic rings. The summed E-state index contributed by atoms with van der Waals surface area (Å²) in [5.41, 5.74) is 2.28. The van der Waals surface area contributed by atoms with Gasteiger partial charge < -0.3 is 23.7 Å². The largest absolute Gasteiger partial charge is 0.493 e. The van der Waals surface area contributed by atoms with Crippen molar-refractivity contribution in [3.8, 4) is 23.1 Å². The first-order chi connectivity index (χ1) is 14.2. The molecule has 4 rings (SSSR count). The number of rotatable bonds is 8. The molecule has 1 aromatic carbocycles. The molecule has 2 heterocycles. The van der Waals surface area contributed by atoms with Crippen molar-refractivity contribution in [2.45, 2.75) is 38.1 Å². The quantitative estimate of drug-likeness (QED) is 0.621. The Morgan fingerprint density at radius 1 is 1.28 bits per heavy atom. The number of carbonyl (C=O) groups is 1. The number of carbonyl (C=O) groups excluding carboxylic acids is 1. The molecular weight excluding hydrogens is 374 g/mol. The van der Waals surface area contributed by atoms with Crippen LogP contribution in [0.1, 0.15) is 42.3 Å². The third-order valence-electron chi connectivity index (χ3n) is 5.06. The van der Waals surface area contributed by atoms with Gasteiger partial charge in [-0.15, -0.1) is 0 Å². The van der Waals surface area contributed by atoms with Gasteiger partial charge in [-0.05, 0) is 54.7 Å². The van der Waals surface area contributed by atoms with Crippen molar-refractivity contribution in [3.05, 3.63) is 47.5 Å². The van der Waals surface area contributed by atoms with E-state index in [-0.39, 0.29) is 11.9 Å². The zero-order chi connectivity index (χ0) is 20.2. The lowest BCUT2D eigenvalue weighted by atomic mass is 10.1. The summed E-state index contributed by atoms with van der Waals surface area (Å²) in [6.07, 6.45) is 4.87. The molecule has 29 heavy (non-hydrogen) atoms. The molecule has 1 unspecified atom stereocenters. The number of ether oxygens (including phenoxy) is 2. The van der Waals surface area contributed by atoms with Gasteiger partial charge in [0.2, 0.25) is 17.6 Å². The third kappa shape index (κ3) is 4.11. The van der Waals surface area contributed by atoms with E-state index in [0.717, 1.165) is 18.4 Å². The van der Waals surface area contributed by atoms with Crippen LogP contribution in [0.2, 0.25) is 0 Å². The van der Waals surface area contributed by atoms with Crippen LogP contribution in [-0.2, 0) is 17.6 Å². The second kappa shape index (κ2) is 8.38. The van der Waals surface area contributed by atoms with E-state index in [1.165, 1.54) is 5.56 Å². The molecule has 1 atom stereocenters. The standard InChI is InChI=1S/C21H23N3O5/c1-26-17-11-13-8-9-15(14(13)12-18(17)27-2)22-19(25)6-3-7-20-23-21(24-29-20)16-5-4-10-28-16/h4-5,10-12,15H,3,6-9H2,1-2H3,(H,22,25). The number of aryl methyl sites for hydroxylation is 2. The third-order valence-corrected chi connectivity index (χ3v) is 5.06. The summed E-state index contributed by atoms with van der Waals surface area (Å²) in [5.74, 6) is 2.87. The highest BCUT2D eigenvalue weighted by molar-refractivity contribution is 5.76. The lowest BCUT2D eigenvalue weighted by Gasteiger charge is -2.16. The van der Waals surface area contributed by atoms with E-state index in [1.54, 1.807) is 32.6 Å². The molecule has 0 fully saturated rings. The maximum Gasteiger partial charge on any atom is 0.238 e. The van der Waals surface area contributed by atoms with Crippen LogP contribution < -0.4 is 14.8 Å². The molecule has 8 nitrogen and oxygen atoms in total. The van der Waals surface area contributed by atoms with Crippen LogP contribution in [0.25, 0.3) is 11.6 Å². The maximum absolute atomic E-state index is 12.4. The number of aromatic nitrogens is 2. The predicted octanol–water partition coefficient (Wildman–Crippen LogP) is 3.47. The molecule has 152 valence electrons. The number of methoxy groups -OCH3 is 2. The Morgan fingerprint density at radius 2 is 2.10 bits per heavy atom. The van der Waals surface area contributed by atoms with Crippen molar-refractivity contribution in [1.82, 2.24) is 15.5 Å². The van der Waals surface area contributed by atoms with E-state index < -0.39 is 0 Å². The minimum absolute atomic E-state index is 0.00316. The fourth-order valence-corrected chi connectivity index (χ4v) is 3.61. The molecule has 8 heteroatoms. The number of benzene rings is 1. The van der Waals surface area contributed by atoms with E-state index in [4.69, 9.17) is 18.4 Å². The fourth-order valence-electron chi connectivity index (χ4n) is 3.61. The van der Waals surface area contributed by atoms with E-state index in [9.17, 15) is 4.79 Å². The molecule has 0 radical (unpaired) electrons. The van der Waals surface area contributed by atoms with E-state index >= 15 is 0 Å². The van der Waals surface area contributed by atoms with Gasteiger partial charge in [0.25, 0.3) is 0 Å². The van der Waals surface area contributed by atoms with E-state index in [2.05, 4.69) is 15.5 Å². The maximum atomic E-state index is 12.4. The van der Waals surface area contributed by atoms with Crippen LogP contribution in [0.3, 0.4) is 0 Å². The molecule has 0 saturated carbocycles. The SMILES string of the molecule is COc1cc2c(cc1OC)C(NC(=O)CCCc1nc(-c3ccco3)no1)CC2. The van der Waals surface area contributed by atoms with Crippen LogP contribution in [0.4, 0.5) is 0 Å². The number of furan rings is 1. The van der Waals surface area contributed by atoms with Gasteiger partial charge in [0.1, 0.15) is 0 Å². The van der Waals surface area contributed by atoms with Crippen molar-refractivity contribution in [2.75, 3.05) is 14.2 Å². The van der Waals surface area contributed by atoms with E-state index in [0.29, 0.717) is 48.2 Å². The Labute approximate surface area is 168 Å². The van der Waals surface area contributed by atoms with Gasteiger partial charge in [-0.2, -0.15) is 4.98 Å². The molecule has 1 aliphatic carbocycles. The van der Waals surface area contributed by atoms with Gasteiger partial charge in [0.05, 0.1) is 26.5 Å². The Morgan fingerprint density at radius 3 is 2.86 bits per heavy atom. The number of nitrogens with zero attached hydrogens (tertiary/aromatic N) is 2. The monoisotopic (exact) mass is 397 g/mol. The highest BCUT2D eigenvalue weighted by Crippen LogP contribution is 2.39. The molecule has 0 aliphatic heterocycles. The lowest BCUT2D eigenvalue weighted by Crippen LogP contribution is -2.27. The number of hydrogen-bond acceptors (Lipinski definition) is 7. The highest BCUT2D eigenvalue weighted by Gasteiger charge is 2.26. The molecule has 0 bridgehead atoms. The normalized spacial score (nSPS) is 15.2. The second-order valence-electron chi connectivity index (χ2n) is 6.91. The van der Waals surface area contributed by atoms with Crippen LogP contribution in [0.15, 0.2) is 39.5 Å². The Bertz CT molecular complexity index is 980. The van der Waals surface area contributed by atoms with Crippen molar-refractivity contribution >= 4 is 5.91 Å².